The van der Waals surface area contributed by atoms with E-state index in [2.05, 4.69) is 26.6 Å². The number of nitrogens with one attached hydrogen (secondary N) is 2. The lowest BCUT2D eigenvalue weighted by molar-refractivity contribution is -0.145. The number of esters is 1. The van der Waals surface area contributed by atoms with Crippen molar-refractivity contribution in [3.05, 3.63) is 34.3 Å². The number of methoxy groups -OCH3 is 1. The van der Waals surface area contributed by atoms with Crippen LogP contribution < -0.4 is 10.6 Å². The Morgan fingerprint density at radius 2 is 2.27 bits per heavy atom. The summed E-state index contributed by atoms with van der Waals surface area (Å²) in [5.74, 6) is -1.03. The number of hydrogen-bond acceptors (Lipinski definition) is 4. The molecule has 118 valence electrons. The second kappa shape index (κ2) is 7.40. The average molecular weight is 369 g/mol. The van der Waals surface area contributed by atoms with E-state index in [1.54, 1.807) is 0 Å². The second-order valence-electron chi connectivity index (χ2n) is 5.08. The van der Waals surface area contributed by atoms with Crippen molar-refractivity contribution in [2.75, 3.05) is 7.11 Å². The van der Waals surface area contributed by atoms with Crippen LogP contribution >= 0.6 is 15.9 Å². The minimum Gasteiger partial charge on any atom is -0.467 e. The molecule has 1 fully saturated rings. The number of amides is 2. The van der Waals surface area contributed by atoms with E-state index in [4.69, 9.17) is 4.74 Å². The Kier molecular flexibility index (Phi) is 5.54. The fraction of sp³-hybridized carbons (Fsp3) is 0.400. The molecule has 6 nitrogen and oxygen atoms in total. The summed E-state index contributed by atoms with van der Waals surface area (Å²) >= 11 is 3.37. The van der Waals surface area contributed by atoms with E-state index in [0.29, 0.717) is 19.3 Å². The molecule has 0 aromatic heterocycles. The Morgan fingerprint density at radius 3 is 2.86 bits per heavy atom. The summed E-state index contributed by atoms with van der Waals surface area (Å²) in [6, 6.07) is 6.10. The number of hydrogen-bond donors (Lipinski definition) is 2. The lowest BCUT2D eigenvalue weighted by Crippen LogP contribution is -2.49. The third kappa shape index (κ3) is 4.30. The topological polar surface area (TPSA) is 84.5 Å². The maximum Gasteiger partial charge on any atom is 0.328 e. The predicted octanol–water partition coefficient (Wildman–Crippen LogP) is 0.928. The predicted molar refractivity (Wildman–Crippen MR) is 83.0 cm³/mol. The van der Waals surface area contributed by atoms with Gasteiger partial charge in [0.15, 0.2) is 0 Å². The zero-order valence-electron chi connectivity index (χ0n) is 12.1. The van der Waals surface area contributed by atoms with Crippen molar-refractivity contribution in [1.29, 1.82) is 0 Å². The SMILES string of the molecule is COC(=O)[C@H](Cc1cccc(Br)c1)NC(=O)[C@H]1CCC(=O)N1. The molecule has 2 rings (SSSR count). The number of benzene rings is 1. The number of carbonyl (C=O) groups excluding carboxylic acids is 3. The summed E-state index contributed by atoms with van der Waals surface area (Å²) in [4.78, 5) is 35.2. The van der Waals surface area contributed by atoms with Crippen molar-refractivity contribution in [2.24, 2.45) is 0 Å². The Labute approximate surface area is 136 Å². The van der Waals surface area contributed by atoms with Crippen molar-refractivity contribution in [3.8, 4) is 0 Å². The molecule has 0 saturated carbocycles. The van der Waals surface area contributed by atoms with Gasteiger partial charge in [0.25, 0.3) is 0 Å². The van der Waals surface area contributed by atoms with Gasteiger partial charge in [-0.1, -0.05) is 28.1 Å². The van der Waals surface area contributed by atoms with Gasteiger partial charge in [-0.3, -0.25) is 9.59 Å². The lowest BCUT2D eigenvalue weighted by Gasteiger charge is -2.19. The first-order valence-electron chi connectivity index (χ1n) is 6.91. The molecule has 2 atom stereocenters. The van der Waals surface area contributed by atoms with E-state index >= 15 is 0 Å². The smallest absolute Gasteiger partial charge is 0.328 e. The molecule has 1 aliphatic heterocycles. The average Bonchev–Trinajstić information content (AvgIpc) is 2.92. The molecular weight excluding hydrogens is 352 g/mol. The van der Waals surface area contributed by atoms with Crippen molar-refractivity contribution < 1.29 is 19.1 Å². The third-order valence-corrected chi connectivity index (χ3v) is 3.94. The molecule has 1 aromatic rings. The highest BCUT2D eigenvalue weighted by atomic mass is 79.9. The summed E-state index contributed by atoms with van der Waals surface area (Å²) in [6.45, 7) is 0. The van der Waals surface area contributed by atoms with Crippen molar-refractivity contribution >= 4 is 33.7 Å². The van der Waals surface area contributed by atoms with Crippen LogP contribution in [0.15, 0.2) is 28.7 Å². The first kappa shape index (κ1) is 16.5. The molecule has 1 aromatic carbocycles. The van der Waals surface area contributed by atoms with Crippen LogP contribution in [0.5, 0.6) is 0 Å². The van der Waals surface area contributed by atoms with E-state index < -0.39 is 18.1 Å². The van der Waals surface area contributed by atoms with Crippen LogP contribution in [-0.2, 0) is 25.5 Å². The van der Waals surface area contributed by atoms with Gasteiger partial charge in [-0.2, -0.15) is 0 Å². The van der Waals surface area contributed by atoms with Crippen molar-refractivity contribution in [3.63, 3.8) is 0 Å². The van der Waals surface area contributed by atoms with Gasteiger partial charge in [-0.25, -0.2) is 4.79 Å². The van der Waals surface area contributed by atoms with Gasteiger partial charge < -0.3 is 15.4 Å². The molecule has 1 heterocycles. The third-order valence-electron chi connectivity index (χ3n) is 3.44. The quantitative estimate of drug-likeness (QED) is 0.757. The Morgan fingerprint density at radius 1 is 1.50 bits per heavy atom. The van der Waals surface area contributed by atoms with Gasteiger partial charge in [-0.15, -0.1) is 0 Å². The van der Waals surface area contributed by atoms with E-state index in [9.17, 15) is 14.4 Å². The van der Waals surface area contributed by atoms with E-state index in [0.717, 1.165) is 10.0 Å². The molecular formula is C15H17BrN2O4. The van der Waals surface area contributed by atoms with Crippen LogP contribution in [0, 0.1) is 0 Å². The first-order chi connectivity index (χ1) is 10.5. The summed E-state index contributed by atoms with van der Waals surface area (Å²) in [5, 5.41) is 5.23. The monoisotopic (exact) mass is 368 g/mol. The van der Waals surface area contributed by atoms with Gasteiger partial charge >= 0.3 is 5.97 Å². The minimum atomic E-state index is -0.788. The highest BCUT2D eigenvalue weighted by Crippen LogP contribution is 2.14. The van der Waals surface area contributed by atoms with Crippen LogP contribution in [0.1, 0.15) is 18.4 Å². The summed E-state index contributed by atoms with van der Waals surface area (Å²) < 4.78 is 5.64. The molecule has 0 bridgehead atoms. The van der Waals surface area contributed by atoms with Gasteiger partial charge in [-0.05, 0) is 24.1 Å². The molecule has 22 heavy (non-hydrogen) atoms. The molecule has 1 saturated heterocycles. The molecule has 1 aliphatic rings. The molecule has 0 spiro atoms. The second-order valence-corrected chi connectivity index (χ2v) is 5.99. The largest absolute Gasteiger partial charge is 0.467 e. The van der Waals surface area contributed by atoms with Crippen molar-refractivity contribution in [2.45, 2.75) is 31.3 Å². The molecule has 0 radical (unpaired) electrons. The van der Waals surface area contributed by atoms with E-state index in [1.165, 1.54) is 7.11 Å². The normalized spacial score (nSPS) is 18.5. The molecule has 2 N–H and O–H groups in total. The van der Waals surface area contributed by atoms with Crippen LogP contribution in [0.4, 0.5) is 0 Å². The Bertz CT molecular complexity index is 591. The van der Waals surface area contributed by atoms with Gasteiger partial charge in [0.05, 0.1) is 7.11 Å². The van der Waals surface area contributed by atoms with Crippen LogP contribution in [-0.4, -0.2) is 37.0 Å². The molecule has 7 heteroatoms. The van der Waals surface area contributed by atoms with Crippen molar-refractivity contribution in [1.82, 2.24) is 10.6 Å². The fourth-order valence-electron chi connectivity index (χ4n) is 2.32. The van der Waals surface area contributed by atoms with Gasteiger partial charge in [0, 0.05) is 17.3 Å². The first-order valence-corrected chi connectivity index (χ1v) is 7.71. The maximum atomic E-state index is 12.1. The van der Waals surface area contributed by atoms with E-state index in [-0.39, 0.29) is 11.8 Å². The van der Waals surface area contributed by atoms with Crippen LogP contribution in [0.3, 0.4) is 0 Å². The number of rotatable bonds is 5. The summed E-state index contributed by atoms with van der Waals surface area (Å²) in [5.41, 5.74) is 0.889. The number of carbonyl (C=O) groups is 3. The van der Waals surface area contributed by atoms with Crippen LogP contribution in [0.25, 0.3) is 0 Å². The number of halogens is 1. The minimum absolute atomic E-state index is 0.151. The van der Waals surface area contributed by atoms with Gasteiger partial charge in [0.2, 0.25) is 11.8 Å². The molecule has 0 unspecified atom stereocenters. The Balaban J connectivity index is 2.04. The summed E-state index contributed by atoms with van der Waals surface area (Å²) in [6.07, 6.45) is 1.08. The number of ether oxygens (including phenoxy) is 1. The molecule has 0 aliphatic carbocycles. The standard InChI is InChI=1S/C15H17BrN2O4/c1-22-15(21)12(8-9-3-2-4-10(16)7-9)18-14(20)11-5-6-13(19)17-11/h2-4,7,11-12H,5-6,8H2,1H3,(H,17,19)(H,18,20)/t11-,12+/m1/s1. The van der Waals surface area contributed by atoms with Crippen LogP contribution in [0.2, 0.25) is 0 Å². The lowest BCUT2D eigenvalue weighted by atomic mass is 10.1. The zero-order chi connectivity index (χ0) is 16.1. The Hall–Kier alpha value is -1.89. The highest BCUT2D eigenvalue weighted by molar-refractivity contribution is 9.10. The zero-order valence-corrected chi connectivity index (χ0v) is 13.7. The maximum absolute atomic E-state index is 12.1. The van der Waals surface area contributed by atoms with E-state index in [1.807, 2.05) is 24.3 Å². The highest BCUT2D eigenvalue weighted by Gasteiger charge is 2.30. The summed E-state index contributed by atoms with van der Waals surface area (Å²) in [7, 11) is 1.28. The van der Waals surface area contributed by atoms with Gasteiger partial charge in [0.1, 0.15) is 12.1 Å². The molecule has 2 amide bonds. The fourth-order valence-corrected chi connectivity index (χ4v) is 2.76.